The monoisotopic (exact) mass is 183 g/mol. The van der Waals surface area contributed by atoms with Gasteiger partial charge in [0.1, 0.15) is 0 Å². The van der Waals surface area contributed by atoms with Crippen LogP contribution in [0.4, 0.5) is 0 Å². The third-order valence-electron chi connectivity index (χ3n) is 2.06. The highest BCUT2D eigenvalue weighted by Gasteiger charge is 2.29. The van der Waals surface area contributed by atoms with Crippen LogP contribution in [0.15, 0.2) is 0 Å². The second-order valence-corrected chi connectivity index (χ2v) is 6.31. The molecule has 0 aromatic rings. The molecule has 1 N–H and O–H groups in total. The molecule has 1 aliphatic carbocycles. The fourth-order valence-electron chi connectivity index (χ4n) is 1.36. The Hall–Kier alpha value is 0.375. The third kappa shape index (κ3) is 3.40. The van der Waals surface area contributed by atoms with E-state index in [0.29, 0.717) is 0 Å². The van der Waals surface area contributed by atoms with E-state index in [2.05, 4.69) is 25.5 Å². The summed E-state index contributed by atoms with van der Waals surface area (Å²) in [6.45, 7) is 6.59. The van der Waals surface area contributed by atoms with E-state index in [9.17, 15) is 0 Å². The first-order valence-electron chi connectivity index (χ1n) is 4.65. The van der Waals surface area contributed by atoms with Gasteiger partial charge in [-0.3, -0.25) is 4.72 Å². The van der Waals surface area contributed by atoms with Gasteiger partial charge in [0.15, 0.2) is 0 Å². The lowest BCUT2D eigenvalue weighted by Crippen LogP contribution is -2.40. The summed E-state index contributed by atoms with van der Waals surface area (Å²) in [5.41, 5.74) is -0.0854. The summed E-state index contributed by atoms with van der Waals surface area (Å²) in [5.74, 6) is 0. The van der Waals surface area contributed by atoms with Crippen LogP contribution < -0.4 is 4.72 Å². The molecule has 0 aromatic heterocycles. The molecule has 1 rings (SSSR count). The van der Waals surface area contributed by atoms with Crippen molar-refractivity contribution in [1.29, 1.82) is 0 Å². The van der Waals surface area contributed by atoms with Crippen LogP contribution in [0.25, 0.3) is 0 Å². The molecular formula is C9H18BNS. The lowest BCUT2D eigenvalue weighted by molar-refractivity contribution is 0.574. The van der Waals surface area contributed by atoms with Gasteiger partial charge in [-0.1, -0.05) is 24.8 Å². The molecule has 2 radical (unpaired) electrons. The first kappa shape index (κ1) is 10.5. The lowest BCUT2D eigenvalue weighted by atomic mass is 9.77. The second-order valence-electron chi connectivity index (χ2n) is 4.68. The van der Waals surface area contributed by atoms with Crippen molar-refractivity contribution in [3.05, 3.63) is 0 Å². The molecule has 0 spiro atoms. The summed E-state index contributed by atoms with van der Waals surface area (Å²) < 4.78 is 3.65. The van der Waals surface area contributed by atoms with Crippen LogP contribution in [0.5, 0.6) is 0 Å². The SMILES string of the molecule is [B]C1(NSC(C)(C)C)CCCC1. The number of nitrogens with one attached hydrogen (secondary N) is 1. The predicted molar refractivity (Wildman–Crippen MR) is 57.4 cm³/mol. The smallest absolute Gasteiger partial charge is 0.0967 e. The number of hydrogen-bond donors (Lipinski definition) is 1. The predicted octanol–water partition coefficient (Wildman–Crippen LogP) is 2.46. The van der Waals surface area contributed by atoms with Gasteiger partial charge in [0.25, 0.3) is 0 Å². The normalized spacial score (nSPS) is 22.9. The molecule has 12 heavy (non-hydrogen) atoms. The van der Waals surface area contributed by atoms with Gasteiger partial charge in [0, 0.05) is 4.75 Å². The Labute approximate surface area is 81.6 Å². The van der Waals surface area contributed by atoms with Gasteiger partial charge < -0.3 is 0 Å². The molecule has 3 heteroatoms. The molecule has 0 saturated heterocycles. The highest BCUT2D eigenvalue weighted by Crippen LogP contribution is 2.31. The Kier molecular flexibility index (Phi) is 3.16. The van der Waals surface area contributed by atoms with E-state index in [4.69, 9.17) is 7.85 Å². The van der Waals surface area contributed by atoms with Crippen molar-refractivity contribution >= 4 is 19.8 Å². The second kappa shape index (κ2) is 3.63. The zero-order valence-electron chi connectivity index (χ0n) is 8.31. The van der Waals surface area contributed by atoms with Crippen molar-refractivity contribution in [2.75, 3.05) is 0 Å². The standard InChI is InChI=1S/C9H18BNS/c1-8(2,3)12-11-9(10)6-4-5-7-9/h11H,4-7H2,1-3H3. The summed E-state index contributed by atoms with van der Waals surface area (Å²) in [5, 5.41) is 0. The Morgan fingerprint density at radius 1 is 1.25 bits per heavy atom. The average molecular weight is 183 g/mol. The first-order chi connectivity index (χ1) is 5.41. The Bertz CT molecular complexity index is 147. The minimum absolute atomic E-state index is 0.0854. The fourth-order valence-corrected chi connectivity index (χ4v) is 2.08. The molecule has 0 heterocycles. The molecule has 1 fully saturated rings. The summed E-state index contributed by atoms with van der Waals surface area (Å²) in [6.07, 6.45) is 4.79. The zero-order valence-corrected chi connectivity index (χ0v) is 9.13. The third-order valence-corrected chi connectivity index (χ3v) is 3.18. The van der Waals surface area contributed by atoms with E-state index >= 15 is 0 Å². The maximum absolute atomic E-state index is 6.13. The highest BCUT2D eigenvalue weighted by atomic mass is 32.2. The van der Waals surface area contributed by atoms with Crippen molar-refractivity contribution in [2.24, 2.45) is 0 Å². The molecular weight excluding hydrogens is 165 g/mol. The zero-order chi connectivity index (χ0) is 9.24. The van der Waals surface area contributed by atoms with Gasteiger partial charge in [-0.05, 0) is 39.1 Å². The molecule has 0 aromatic carbocycles. The van der Waals surface area contributed by atoms with Crippen molar-refractivity contribution in [1.82, 2.24) is 4.72 Å². The van der Waals surface area contributed by atoms with Gasteiger partial charge in [-0.25, -0.2) is 0 Å². The molecule has 0 unspecified atom stereocenters. The molecule has 0 amide bonds. The van der Waals surface area contributed by atoms with Crippen LogP contribution in [0.2, 0.25) is 0 Å². The summed E-state index contributed by atoms with van der Waals surface area (Å²) >= 11 is 1.75. The maximum atomic E-state index is 6.13. The van der Waals surface area contributed by atoms with E-state index in [1.54, 1.807) is 11.9 Å². The van der Waals surface area contributed by atoms with Gasteiger partial charge in [-0.15, -0.1) is 0 Å². The minimum atomic E-state index is -0.0854. The Balaban J connectivity index is 2.30. The van der Waals surface area contributed by atoms with E-state index in [-0.39, 0.29) is 10.2 Å². The molecule has 1 aliphatic rings. The Morgan fingerprint density at radius 3 is 2.17 bits per heavy atom. The number of hydrogen-bond acceptors (Lipinski definition) is 2. The Morgan fingerprint density at radius 2 is 1.75 bits per heavy atom. The van der Waals surface area contributed by atoms with Crippen LogP contribution in [0.1, 0.15) is 46.5 Å². The van der Waals surface area contributed by atoms with Crippen LogP contribution in [0.3, 0.4) is 0 Å². The van der Waals surface area contributed by atoms with Gasteiger partial charge in [0.05, 0.1) is 7.85 Å². The summed E-state index contributed by atoms with van der Waals surface area (Å²) in [7, 11) is 6.13. The fraction of sp³-hybridized carbons (Fsp3) is 1.00. The first-order valence-corrected chi connectivity index (χ1v) is 5.47. The number of rotatable bonds is 2. The molecule has 1 saturated carbocycles. The minimum Gasteiger partial charge on any atom is -0.267 e. The van der Waals surface area contributed by atoms with E-state index in [1.165, 1.54) is 12.8 Å². The quantitative estimate of drug-likeness (QED) is 0.521. The molecule has 1 nitrogen and oxygen atoms in total. The molecule has 0 aliphatic heterocycles. The largest absolute Gasteiger partial charge is 0.267 e. The van der Waals surface area contributed by atoms with E-state index in [1.807, 2.05) is 0 Å². The van der Waals surface area contributed by atoms with Crippen molar-refractivity contribution in [3.8, 4) is 0 Å². The summed E-state index contributed by atoms with van der Waals surface area (Å²) in [4.78, 5) is 0. The van der Waals surface area contributed by atoms with Crippen LogP contribution in [-0.4, -0.2) is 18.0 Å². The van der Waals surface area contributed by atoms with Crippen LogP contribution in [0, 0.1) is 0 Å². The summed E-state index contributed by atoms with van der Waals surface area (Å²) in [6, 6.07) is 0. The van der Waals surface area contributed by atoms with Crippen molar-refractivity contribution in [2.45, 2.75) is 56.6 Å². The van der Waals surface area contributed by atoms with Gasteiger partial charge in [-0.2, -0.15) is 0 Å². The maximum Gasteiger partial charge on any atom is 0.0967 e. The molecule has 68 valence electrons. The van der Waals surface area contributed by atoms with Crippen LogP contribution in [-0.2, 0) is 0 Å². The van der Waals surface area contributed by atoms with Crippen molar-refractivity contribution in [3.63, 3.8) is 0 Å². The van der Waals surface area contributed by atoms with Gasteiger partial charge >= 0.3 is 0 Å². The van der Waals surface area contributed by atoms with Crippen LogP contribution >= 0.6 is 11.9 Å². The average Bonchev–Trinajstić information content (AvgIpc) is 2.32. The lowest BCUT2D eigenvalue weighted by Gasteiger charge is -2.29. The molecule has 0 bridgehead atoms. The van der Waals surface area contributed by atoms with Gasteiger partial charge in [0.2, 0.25) is 0 Å². The topological polar surface area (TPSA) is 12.0 Å². The van der Waals surface area contributed by atoms with E-state index in [0.717, 1.165) is 12.8 Å². The molecule has 0 atom stereocenters. The van der Waals surface area contributed by atoms with E-state index < -0.39 is 0 Å². The van der Waals surface area contributed by atoms with Crippen molar-refractivity contribution < 1.29 is 0 Å². The highest BCUT2D eigenvalue weighted by molar-refractivity contribution is 7.98.